The molecule has 1 rings (SSSR count). The maximum Gasteiger partial charge on any atom is 0.136 e. The summed E-state index contributed by atoms with van der Waals surface area (Å²) in [7, 11) is 0. The summed E-state index contributed by atoms with van der Waals surface area (Å²) in [6.45, 7) is 5.79. The van der Waals surface area contributed by atoms with Crippen LogP contribution in [0.3, 0.4) is 0 Å². The molecule has 2 heteroatoms. The van der Waals surface area contributed by atoms with Crippen LogP contribution in [-0.4, -0.2) is 24.3 Å². The smallest absolute Gasteiger partial charge is 0.136 e. The van der Waals surface area contributed by atoms with E-state index >= 15 is 0 Å². The van der Waals surface area contributed by atoms with Crippen LogP contribution in [0.4, 0.5) is 0 Å². The first-order valence-corrected chi connectivity index (χ1v) is 5.58. The minimum absolute atomic E-state index is 0.348. The Kier molecular flexibility index (Phi) is 5.77. The van der Waals surface area contributed by atoms with Gasteiger partial charge < -0.3 is 4.79 Å². The standard InChI is InChI=1S/C15H17NO/c1-3-10-16(11-14(4-2)13-17)12-15-8-6-5-7-9-15/h2-3,5-9,13-14H,1,10-12H2/t14-/m0/s1. The third-order valence-electron chi connectivity index (χ3n) is 2.47. The Morgan fingerprint density at radius 2 is 2.12 bits per heavy atom. The molecule has 0 saturated heterocycles. The van der Waals surface area contributed by atoms with Crippen LogP contribution >= 0.6 is 0 Å². The molecule has 0 unspecified atom stereocenters. The summed E-state index contributed by atoms with van der Waals surface area (Å²) in [4.78, 5) is 12.8. The van der Waals surface area contributed by atoms with E-state index in [9.17, 15) is 4.79 Å². The zero-order chi connectivity index (χ0) is 12.5. The first-order valence-electron chi connectivity index (χ1n) is 5.58. The summed E-state index contributed by atoms with van der Waals surface area (Å²) in [6, 6.07) is 10.1. The Bertz CT molecular complexity index is 391. The monoisotopic (exact) mass is 227 g/mol. The Morgan fingerprint density at radius 3 is 2.65 bits per heavy atom. The quantitative estimate of drug-likeness (QED) is 0.404. The number of carbonyl (C=O) groups excluding carboxylic acids is 1. The van der Waals surface area contributed by atoms with Crippen molar-refractivity contribution in [2.45, 2.75) is 6.54 Å². The van der Waals surface area contributed by atoms with Gasteiger partial charge in [0, 0.05) is 19.6 Å². The van der Waals surface area contributed by atoms with Gasteiger partial charge in [-0.05, 0) is 5.56 Å². The van der Waals surface area contributed by atoms with Gasteiger partial charge in [0.1, 0.15) is 6.29 Å². The molecular weight excluding hydrogens is 210 g/mol. The minimum atomic E-state index is -0.348. The second kappa shape index (κ2) is 7.43. The number of terminal acetylenes is 1. The molecule has 17 heavy (non-hydrogen) atoms. The van der Waals surface area contributed by atoms with E-state index in [0.29, 0.717) is 6.54 Å². The lowest BCUT2D eigenvalue weighted by Gasteiger charge is -2.21. The Morgan fingerprint density at radius 1 is 1.41 bits per heavy atom. The molecule has 88 valence electrons. The molecule has 0 spiro atoms. The Labute approximate surface area is 103 Å². The largest absolute Gasteiger partial charge is 0.302 e. The van der Waals surface area contributed by atoms with Crippen LogP contribution in [0.1, 0.15) is 5.56 Å². The highest BCUT2D eigenvalue weighted by molar-refractivity contribution is 5.58. The first-order chi connectivity index (χ1) is 8.30. The topological polar surface area (TPSA) is 20.3 Å². The minimum Gasteiger partial charge on any atom is -0.302 e. The average molecular weight is 227 g/mol. The molecule has 0 bridgehead atoms. The molecule has 2 nitrogen and oxygen atoms in total. The number of aldehydes is 1. The third kappa shape index (κ3) is 4.67. The molecule has 0 aromatic heterocycles. The lowest BCUT2D eigenvalue weighted by atomic mass is 10.1. The van der Waals surface area contributed by atoms with Crippen LogP contribution in [0, 0.1) is 18.3 Å². The number of hydrogen-bond acceptors (Lipinski definition) is 2. The highest BCUT2D eigenvalue weighted by atomic mass is 16.1. The van der Waals surface area contributed by atoms with Crippen molar-refractivity contribution in [2.24, 2.45) is 5.92 Å². The van der Waals surface area contributed by atoms with E-state index < -0.39 is 0 Å². The third-order valence-corrected chi connectivity index (χ3v) is 2.47. The highest BCUT2D eigenvalue weighted by Gasteiger charge is 2.10. The lowest BCUT2D eigenvalue weighted by molar-refractivity contribution is -0.110. The Hall–Kier alpha value is -1.85. The van der Waals surface area contributed by atoms with E-state index in [0.717, 1.165) is 19.4 Å². The second-order valence-corrected chi connectivity index (χ2v) is 3.88. The van der Waals surface area contributed by atoms with Gasteiger partial charge in [0.15, 0.2) is 0 Å². The van der Waals surface area contributed by atoms with Gasteiger partial charge in [-0.15, -0.1) is 13.0 Å². The molecule has 0 amide bonds. The van der Waals surface area contributed by atoms with Gasteiger partial charge in [0.25, 0.3) is 0 Å². The number of hydrogen-bond donors (Lipinski definition) is 0. The predicted molar refractivity (Wildman–Crippen MR) is 70.3 cm³/mol. The zero-order valence-corrected chi connectivity index (χ0v) is 9.88. The number of benzene rings is 1. The van der Waals surface area contributed by atoms with E-state index in [1.165, 1.54) is 5.56 Å². The molecule has 1 atom stereocenters. The van der Waals surface area contributed by atoms with Crippen LogP contribution < -0.4 is 0 Å². The molecule has 0 N–H and O–H groups in total. The average Bonchev–Trinajstić information content (AvgIpc) is 2.37. The van der Waals surface area contributed by atoms with Gasteiger partial charge in [-0.3, -0.25) is 4.90 Å². The van der Waals surface area contributed by atoms with Crippen molar-refractivity contribution < 1.29 is 4.79 Å². The summed E-state index contributed by atoms with van der Waals surface area (Å²) in [5.41, 5.74) is 1.20. The van der Waals surface area contributed by atoms with E-state index in [1.807, 2.05) is 24.3 Å². The van der Waals surface area contributed by atoms with E-state index in [2.05, 4.69) is 29.5 Å². The lowest BCUT2D eigenvalue weighted by Crippen LogP contribution is -2.29. The van der Waals surface area contributed by atoms with Crippen molar-refractivity contribution >= 4 is 6.29 Å². The summed E-state index contributed by atoms with van der Waals surface area (Å²) >= 11 is 0. The predicted octanol–water partition coefficient (Wildman–Crippen LogP) is 2.12. The molecule has 0 aliphatic rings. The van der Waals surface area contributed by atoms with Gasteiger partial charge in [0.05, 0.1) is 5.92 Å². The summed E-state index contributed by atoms with van der Waals surface area (Å²) < 4.78 is 0. The summed E-state index contributed by atoms with van der Waals surface area (Å²) in [6.07, 6.45) is 7.93. The van der Waals surface area contributed by atoms with Crippen molar-refractivity contribution in [3.8, 4) is 12.3 Å². The van der Waals surface area contributed by atoms with Crippen LogP contribution in [0.2, 0.25) is 0 Å². The van der Waals surface area contributed by atoms with Gasteiger partial charge >= 0.3 is 0 Å². The van der Waals surface area contributed by atoms with Gasteiger partial charge in [0.2, 0.25) is 0 Å². The fourth-order valence-corrected chi connectivity index (χ4v) is 1.64. The number of rotatable bonds is 7. The second-order valence-electron chi connectivity index (χ2n) is 3.88. The highest BCUT2D eigenvalue weighted by Crippen LogP contribution is 2.06. The van der Waals surface area contributed by atoms with E-state index in [1.54, 1.807) is 0 Å². The van der Waals surface area contributed by atoms with E-state index in [4.69, 9.17) is 6.42 Å². The SMILES string of the molecule is C#C[C@H](C=O)CN(CC=C)Cc1ccccc1. The van der Waals surface area contributed by atoms with Gasteiger partial charge in [-0.25, -0.2) is 0 Å². The van der Waals surface area contributed by atoms with Crippen LogP contribution in [0.15, 0.2) is 43.0 Å². The fourth-order valence-electron chi connectivity index (χ4n) is 1.64. The molecule has 0 fully saturated rings. The fraction of sp³-hybridized carbons (Fsp3) is 0.267. The van der Waals surface area contributed by atoms with Crippen molar-refractivity contribution in [1.29, 1.82) is 0 Å². The summed E-state index contributed by atoms with van der Waals surface area (Å²) in [5, 5.41) is 0. The van der Waals surface area contributed by atoms with Crippen molar-refractivity contribution in [3.63, 3.8) is 0 Å². The van der Waals surface area contributed by atoms with E-state index in [-0.39, 0.29) is 5.92 Å². The van der Waals surface area contributed by atoms with Crippen molar-refractivity contribution in [1.82, 2.24) is 4.90 Å². The maximum absolute atomic E-state index is 10.7. The molecular formula is C15H17NO. The molecule has 0 heterocycles. The molecule has 1 aromatic carbocycles. The molecule has 0 aliphatic heterocycles. The zero-order valence-electron chi connectivity index (χ0n) is 9.88. The maximum atomic E-state index is 10.7. The normalized spacial score (nSPS) is 11.8. The van der Waals surface area contributed by atoms with Crippen molar-refractivity contribution in [3.05, 3.63) is 48.6 Å². The molecule has 0 radical (unpaired) electrons. The van der Waals surface area contributed by atoms with Crippen LogP contribution in [0.5, 0.6) is 0 Å². The van der Waals surface area contributed by atoms with Gasteiger partial charge in [-0.1, -0.05) is 42.3 Å². The van der Waals surface area contributed by atoms with Crippen LogP contribution in [0.25, 0.3) is 0 Å². The summed E-state index contributed by atoms with van der Waals surface area (Å²) in [5.74, 6) is 2.13. The molecule has 0 saturated carbocycles. The first kappa shape index (κ1) is 13.2. The van der Waals surface area contributed by atoms with Crippen molar-refractivity contribution in [2.75, 3.05) is 13.1 Å². The molecule has 0 aliphatic carbocycles. The number of nitrogens with zero attached hydrogens (tertiary/aromatic N) is 1. The Balaban J connectivity index is 2.63. The molecule has 1 aromatic rings. The van der Waals surface area contributed by atoms with Gasteiger partial charge in [-0.2, -0.15) is 0 Å². The number of carbonyl (C=O) groups is 1. The van der Waals surface area contributed by atoms with Crippen LogP contribution in [-0.2, 0) is 11.3 Å².